The Bertz CT molecular complexity index is 647. The Labute approximate surface area is 130 Å². The molecule has 1 atom stereocenters. The van der Waals surface area contributed by atoms with Crippen LogP contribution in [0.3, 0.4) is 0 Å². The number of carbonyl (C=O) groups excluding carboxylic acids is 1. The molecule has 3 rings (SSSR count). The molecule has 0 unspecified atom stereocenters. The van der Waals surface area contributed by atoms with Crippen LogP contribution in [0.2, 0.25) is 0 Å². The molecule has 5 heteroatoms. The topological polar surface area (TPSA) is 50.2 Å². The third-order valence-corrected chi connectivity index (χ3v) is 4.24. The molecule has 0 spiro atoms. The average molecular weight is 298 g/mol. The molecule has 2 heterocycles. The summed E-state index contributed by atoms with van der Waals surface area (Å²) in [5.74, 6) is 0.197. The van der Waals surface area contributed by atoms with E-state index in [2.05, 4.69) is 41.6 Å². The van der Waals surface area contributed by atoms with Gasteiger partial charge >= 0.3 is 0 Å². The number of hydrogen-bond acceptors (Lipinski definition) is 3. The van der Waals surface area contributed by atoms with Crippen LogP contribution in [0.1, 0.15) is 23.2 Å². The van der Waals surface area contributed by atoms with Gasteiger partial charge in [-0.25, -0.2) is 0 Å². The van der Waals surface area contributed by atoms with E-state index in [0.29, 0.717) is 13.1 Å². The Balaban J connectivity index is 1.55. The average Bonchev–Trinajstić information content (AvgIpc) is 3.07. The van der Waals surface area contributed by atoms with Crippen molar-refractivity contribution in [2.24, 2.45) is 7.05 Å². The Hall–Kier alpha value is -2.14. The number of nitrogens with zero attached hydrogens (tertiary/aromatic N) is 3. The summed E-state index contributed by atoms with van der Waals surface area (Å²) in [6, 6.07) is 10.3. The molecule has 116 valence electrons. The number of benzene rings is 1. The van der Waals surface area contributed by atoms with Gasteiger partial charge in [-0.15, -0.1) is 0 Å². The number of amides is 1. The number of aromatic nitrogens is 2. The molecule has 22 heavy (non-hydrogen) atoms. The molecule has 0 radical (unpaired) electrons. The van der Waals surface area contributed by atoms with E-state index in [9.17, 15) is 4.79 Å². The van der Waals surface area contributed by atoms with Crippen LogP contribution >= 0.6 is 0 Å². The van der Waals surface area contributed by atoms with Gasteiger partial charge < -0.3 is 10.2 Å². The third kappa shape index (κ3) is 3.20. The molecule has 0 saturated carbocycles. The predicted molar refractivity (Wildman–Crippen MR) is 85.0 cm³/mol. The van der Waals surface area contributed by atoms with Gasteiger partial charge in [0.15, 0.2) is 0 Å². The lowest BCUT2D eigenvalue weighted by Gasteiger charge is -2.17. The number of aryl methyl sites for hydroxylation is 2. The zero-order valence-electron chi connectivity index (χ0n) is 13.1. The van der Waals surface area contributed by atoms with Gasteiger partial charge in [0.05, 0.1) is 11.7 Å². The lowest BCUT2D eigenvalue weighted by atomic mass is 10.1. The number of rotatable bonds is 5. The second kappa shape index (κ2) is 6.32. The summed E-state index contributed by atoms with van der Waals surface area (Å²) in [5, 5.41) is 7.49. The smallest absolute Gasteiger partial charge is 0.240 e. The fourth-order valence-electron chi connectivity index (χ4n) is 2.80. The van der Waals surface area contributed by atoms with Crippen molar-refractivity contribution in [3.63, 3.8) is 0 Å². The zero-order valence-corrected chi connectivity index (χ0v) is 13.1. The van der Waals surface area contributed by atoms with Crippen LogP contribution in [0, 0.1) is 6.92 Å². The molecule has 1 amide bonds. The Kier molecular flexibility index (Phi) is 4.24. The molecule has 2 aromatic rings. The van der Waals surface area contributed by atoms with Crippen LogP contribution in [0.15, 0.2) is 36.5 Å². The fraction of sp³-hybridized carbons (Fsp3) is 0.412. The maximum absolute atomic E-state index is 12.5. The second-order valence-electron chi connectivity index (χ2n) is 5.91. The lowest BCUT2D eigenvalue weighted by molar-refractivity contribution is -0.129. The summed E-state index contributed by atoms with van der Waals surface area (Å²) >= 11 is 0. The number of likely N-dealkylation sites (tertiary alicyclic amines) is 1. The SMILES string of the molecule is Cc1ccc(CN2CC[C@@H](NCc3ccnn3C)C2=O)cc1. The summed E-state index contributed by atoms with van der Waals surface area (Å²) in [5.41, 5.74) is 3.52. The predicted octanol–water partition coefficient (Wildman–Crippen LogP) is 1.62. The minimum Gasteiger partial charge on any atom is -0.337 e. The standard InChI is InChI=1S/C17H22N4O/c1-13-3-5-14(6-4-13)12-21-10-8-16(17(21)22)18-11-15-7-9-19-20(15)2/h3-7,9,16,18H,8,10-12H2,1-2H3/t16-/m1/s1. The molecule has 1 aromatic carbocycles. The summed E-state index contributed by atoms with van der Waals surface area (Å²) in [7, 11) is 1.91. The Morgan fingerprint density at radius 1 is 1.27 bits per heavy atom. The van der Waals surface area contributed by atoms with Gasteiger partial charge in [-0.2, -0.15) is 5.10 Å². The first-order valence-corrected chi connectivity index (χ1v) is 7.68. The summed E-state index contributed by atoms with van der Waals surface area (Å²) < 4.78 is 1.83. The molecule has 1 N–H and O–H groups in total. The van der Waals surface area contributed by atoms with E-state index in [0.717, 1.165) is 18.7 Å². The molecule has 1 saturated heterocycles. The molecule has 1 fully saturated rings. The highest BCUT2D eigenvalue weighted by Gasteiger charge is 2.31. The summed E-state index contributed by atoms with van der Waals surface area (Å²) in [6.45, 7) is 4.26. The van der Waals surface area contributed by atoms with Gasteiger partial charge in [-0.3, -0.25) is 9.48 Å². The third-order valence-electron chi connectivity index (χ3n) is 4.24. The van der Waals surface area contributed by atoms with Crippen molar-refractivity contribution in [1.82, 2.24) is 20.0 Å². The first-order chi connectivity index (χ1) is 10.6. The molecule has 1 aliphatic heterocycles. The van der Waals surface area contributed by atoms with E-state index in [-0.39, 0.29) is 11.9 Å². The van der Waals surface area contributed by atoms with E-state index in [4.69, 9.17) is 0 Å². The van der Waals surface area contributed by atoms with E-state index in [1.54, 1.807) is 6.20 Å². The highest BCUT2D eigenvalue weighted by Crippen LogP contribution is 2.16. The maximum atomic E-state index is 12.5. The van der Waals surface area contributed by atoms with Crippen molar-refractivity contribution in [3.05, 3.63) is 53.3 Å². The zero-order chi connectivity index (χ0) is 15.5. The van der Waals surface area contributed by atoms with Gasteiger partial charge in [0.1, 0.15) is 0 Å². The lowest BCUT2D eigenvalue weighted by Crippen LogP contribution is -2.38. The van der Waals surface area contributed by atoms with Crippen LogP contribution in [-0.4, -0.2) is 33.2 Å². The largest absolute Gasteiger partial charge is 0.337 e. The van der Waals surface area contributed by atoms with Gasteiger partial charge in [-0.05, 0) is 25.0 Å². The van der Waals surface area contributed by atoms with Crippen LogP contribution in [0.25, 0.3) is 0 Å². The van der Waals surface area contributed by atoms with Gasteiger partial charge in [0, 0.05) is 32.9 Å². The summed E-state index contributed by atoms with van der Waals surface area (Å²) in [6.07, 6.45) is 2.64. The first kappa shape index (κ1) is 14.8. The molecule has 1 aliphatic rings. The Morgan fingerprint density at radius 3 is 2.73 bits per heavy atom. The van der Waals surface area contributed by atoms with Crippen molar-refractivity contribution in [2.45, 2.75) is 32.5 Å². The molecule has 0 bridgehead atoms. The number of nitrogens with one attached hydrogen (secondary N) is 1. The highest BCUT2D eigenvalue weighted by molar-refractivity contribution is 5.83. The molecular formula is C17H22N4O. The van der Waals surface area contributed by atoms with Gasteiger partial charge in [-0.1, -0.05) is 29.8 Å². The van der Waals surface area contributed by atoms with Crippen LogP contribution in [0.4, 0.5) is 0 Å². The van der Waals surface area contributed by atoms with Crippen molar-refractivity contribution in [1.29, 1.82) is 0 Å². The minimum absolute atomic E-state index is 0.0830. The van der Waals surface area contributed by atoms with Gasteiger partial charge in [0.25, 0.3) is 0 Å². The van der Waals surface area contributed by atoms with Crippen molar-refractivity contribution < 1.29 is 4.79 Å². The highest BCUT2D eigenvalue weighted by atomic mass is 16.2. The molecule has 1 aromatic heterocycles. The van der Waals surface area contributed by atoms with Crippen LogP contribution in [0.5, 0.6) is 0 Å². The molecular weight excluding hydrogens is 276 g/mol. The van der Waals surface area contributed by atoms with Crippen molar-refractivity contribution in [2.75, 3.05) is 6.54 Å². The first-order valence-electron chi connectivity index (χ1n) is 7.68. The molecule has 5 nitrogen and oxygen atoms in total. The second-order valence-corrected chi connectivity index (χ2v) is 5.91. The normalized spacial score (nSPS) is 18.2. The maximum Gasteiger partial charge on any atom is 0.240 e. The monoisotopic (exact) mass is 298 g/mol. The molecule has 0 aliphatic carbocycles. The van der Waals surface area contributed by atoms with E-state index < -0.39 is 0 Å². The van der Waals surface area contributed by atoms with Crippen LogP contribution < -0.4 is 5.32 Å². The summed E-state index contributed by atoms with van der Waals surface area (Å²) in [4.78, 5) is 14.4. The fourth-order valence-corrected chi connectivity index (χ4v) is 2.80. The number of carbonyl (C=O) groups is 1. The Morgan fingerprint density at radius 2 is 2.05 bits per heavy atom. The number of hydrogen-bond donors (Lipinski definition) is 1. The van der Waals surface area contributed by atoms with Crippen molar-refractivity contribution in [3.8, 4) is 0 Å². The van der Waals surface area contributed by atoms with Crippen molar-refractivity contribution >= 4 is 5.91 Å². The minimum atomic E-state index is -0.0830. The van der Waals surface area contributed by atoms with Gasteiger partial charge in [0.2, 0.25) is 5.91 Å². The van der Waals surface area contributed by atoms with E-state index >= 15 is 0 Å². The quantitative estimate of drug-likeness (QED) is 0.912. The van der Waals surface area contributed by atoms with Crippen LogP contribution in [-0.2, 0) is 24.9 Å². The van der Waals surface area contributed by atoms with E-state index in [1.807, 2.05) is 22.7 Å². The van der Waals surface area contributed by atoms with E-state index in [1.165, 1.54) is 11.1 Å².